The number of carbonyl (C=O) groups is 1. The van der Waals surface area contributed by atoms with E-state index in [4.69, 9.17) is 0 Å². The summed E-state index contributed by atoms with van der Waals surface area (Å²) in [7, 11) is 0. The molecule has 2 aromatic heterocycles. The van der Waals surface area contributed by atoms with Gasteiger partial charge in [-0.1, -0.05) is 12.1 Å². The second kappa shape index (κ2) is 7.31. The number of fused-ring (bicyclic) bond motifs is 2. The number of nitrogens with one attached hydrogen (secondary N) is 2. The summed E-state index contributed by atoms with van der Waals surface area (Å²) in [6.07, 6.45) is 0. The number of aromatic nitrogens is 4. The summed E-state index contributed by atoms with van der Waals surface area (Å²) in [6, 6.07) is 12.2. The minimum absolute atomic E-state index is 0.165. The molecule has 0 atom stereocenters. The zero-order valence-corrected chi connectivity index (χ0v) is 16.4. The van der Waals surface area contributed by atoms with Crippen molar-refractivity contribution in [3.8, 4) is 0 Å². The second-order valence-corrected chi connectivity index (χ2v) is 6.68. The van der Waals surface area contributed by atoms with Crippen molar-refractivity contribution in [3.05, 3.63) is 69.8 Å². The lowest BCUT2D eigenvalue weighted by molar-refractivity contribution is 0.0962. The Balaban J connectivity index is 1.62. The Bertz CT molecular complexity index is 1310. The predicted octanol–water partition coefficient (Wildman–Crippen LogP) is 2.73. The third kappa shape index (κ3) is 3.40. The first-order valence-corrected chi connectivity index (χ1v) is 9.29. The molecule has 0 bridgehead atoms. The Morgan fingerprint density at radius 2 is 1.69 bits per heavy atom. The van der Waals surface area contributed by atoms with Gasteiger partial charge in [0.15, 0.2) is 0 Å². The van der Waals surface area contributed by atoms with E-state index in [0.29, 0.717) is 28.5 Å². The first-order chi connectivity index (χ1) is 14.0. The molecule has 0 spiro atoms. The van der Waals surface area contributed by atoms with Crippen LogP contribution in [-0.2, 0) is 6.54 Å². The molecule has 146 valence electrons. The van der Waals surface area contributed by atoms with E-state index in [1.807, 2.05) is 26.8 Å². The number of rotatable bonds is 4. The van der Waals surface area contributed by atoms with Crippen LogP contribution in [0.1, 0.15) is 28.7 Å². The molecule has 0 saturated carbocycles. The van der Waals surface area contributed by atoms with Gasteiger partial charge in [0.25, 0.3) is 11.5 Å². The molecule has 2 aromatic carbocycles. The quantitative estimate of drug-likeness (QED) is 0.521. The van der Waals surface area contributed by atoms with Crippen molar-refractivity contribution in [2.24, 2.45) is 0 Å². The number of benzene rings is 2. The number of hydrogen-bond donors (Lipinski definition) is 2. The molecule has 2 heterocycles. The number of carbonyl (C=O) groups excluding carboxylic acids is 1. The molecule has 0 radical (unpaired) electrons. The van der Waals surface area contributed by atoms with Crippen LogP contribution in [0.5, 0.6) is 0 Å². The summed E-state index contributed by atoms with van der Waals surface area (Å²) >= 11 is 0. The summed E-state index contributed by atoms with van der Waals surface area (Å²) < 4.78 is 1.47. The average Bonchev–Trinajstić information content (AvgIpc) is 2.72. The summed E-state index contributed by atoms with van der Waals surface area (Å²) in [5, 5.41) is 0.532. The van der Waals surface area contributed by atoms with Crippen molar-refractivity contribution >= 4 is 33.8 Å². The van der Waals surface area contributed by atoms with E-state index < -0.39 is 0 Å². The van der Waals surface area contributed by atoms with Gasteiger partial charge in [-0.3, -0.25) is 25.0 Å². The van der Waals surface area contributed by atoms with Crippen LogP contribution in [0, 0.1) is 13.8 Å². The molecule has 0 fully saturated rings. The standard InChI is InChI=1S/C21H20N6O2/c1-4-27-20(29)15-7-5-6-8-16(15)24-21(27)26-25-19(28)14-9-10-17-18(11-14)23-13(3)12(2)22-17/h5-11H,4H2,1-3H3,(H,24,26)(H,25,28). The van der Waals surface area contributed by atoms with Gasteiger partial charge in [-0.25, -0.2) is 15.0 Å². The maximum atomic E-state index is 12.7. The van der Waals surface area contributed by atoms with Gasteiger partial charge in [0.05, 0.1) is 33.3 Å². The van der Waals surface area contributed by atoms with E-state index >= 15 is 0 Å². The molecular formula is C21H20N6O2. The maximum Gasteiger partial charge on any atom is 0.269 e. The molecule has 0 unspecified atom stereocenters. The molecule has 4 aromatic rings. The minimum Gasteiger partial charge on any atom is -0.277 e. The van der Waals surface area contributed by atoms with Crippen LogP contribution < -0.4 is 16.4 Å². The molecule has 29 heavy (non-hydrogen) atoms. The second-order valence-electron chi connectivity index (χ2n) is 6.68. The molecule has 0 saturated heterocycles. The van der Waals surface area contributed by atoms with Crippen molar-refractivity contribution in [2.75, 3.05) is 5.43 Å². The van der Waals surface area contributed by atoms with Crippen molar-refractivity contribution in [2.45, 2.75) is 27.3 Å². The lowest BCUT2D eigenvalue weighted by Gasteiger charge is -2.14. The van der Waals surface area contributed by atoms with Crippen molar-refractivity contribution in [3.63, 3.8) is 0 Å². The maximum absolute atomic E-state index is 12.7. The van der Waals surface area contributed by atoms with Gasteiger partial charge < -0.3 is 0 Å². The van der Waals surface area contributed by atoms with Crippen LogP contribution in [0.15, 0.2) is 47.3 Å². The number of para-hydroxylation sites is 1. The minimum atomic E-state index is -0.364. The molecule has 0 aliphatic heterocycles. The van der Waals surface area contributed by atoms with Gasteiger partial charge >= 0.3 is 0 Å². The lowest BCUT2D eigenvalue weighted by Crippen LogP contribution is -2.34. The Morgan fingerprint density at radius 3 is 2.45 bits per heavy atom. The lowest BCUT2D eigenvalue weighted by atomic mass is 10.1. The van der Waals surface area contributed by atoms with Crippen LogP contribution in [0.25, 0.3) is 21.9 Å². The number of hydrazine groups is 1. The molecule has 8 nitrogen and oxygen atoms in total. The number of aryl methyl sites for hydroxylation is 2. The van der Waals surface area contributed by atoms with Crippen LogP contribution in [0.4, 0.5) is 5.95 Å². The highest BCUT2D eigenvalue weighted by Gasteiger charge is 2.12. The van der Waals surface area contributed by atoms with Crippen molar-refractivity contribution in [1.29, 1.82) is 0 Å². The Morgan fingerprint density at radius 1 is 0.966 bits per heavy atom. The van der Waals surface area contributed by atoms with E-state index in [9.17, 15) is 9.59 Å². The van der Waals surface area contributed by atoms with E-state index in [1.54, 1.807) is 36.4 Å². The van der Waals surface area contributed by atoms with E-state index in [-0.39, 0.29) is 17.4 Å². The highest BCUT2D eigenvalue weighted by molar-refractivity contribution is 5.97. The fourth-order valence-electron chi connectivity index (χ4n) is 3.11. The summed E-state index contributed by atoms with van der Waals surface area (Å²) in [6.45, 7) is 6.04. The van der Waals surface area contributed by atoms with Gasteiger partial charge in [-0.15, -0.1) is 0 Å². The Hall–Kier alpha value is -3.81. The van der Waals surface area contributed by atoms with Crippen LogP contribution in [0.2, 0.25) is 0 Å². The first kappa shape index (κ1) is 18.5. The molecule has 2 N–H and O–H groups in total. The van der Waals surface area contributed by atoms with Gasteiger partial charge in [0.1, 0.15) is 0 Å². The highest BCUT2D eigenvalue weighted by atomic mass is 16.2. The van der Waals surface area contributed by atoms with Crippen LogP contribution in [-0.4, -0.2) is 25.4 Å². The van der Waals surface area contributed by atoms with Gasteiger partial charge in [0.2, 0.25) is 5.95 Å². The predicted molar refractivity (Wildman–Crippen MR) is 112 cm³/mol. The number of amides is 1. The summed E-state index contributed by atoms with van der Waals surface area (Å²) in [4.78, 5) is 38.7. The highest BCUT2D eigenvalue weighted by Crippen LogP contribution is 2.15. The van der Waals surface area contributed by atoms with E-state index in [2.05, 4.69) is 25.8 Å². The Labute approximate surface area is 166 Å². The number of nitrogens with zero attached hydrogens (tertiary/aromatic N) is 4. The van der Waals surface area contributed by atoms with E-state index in [0.717, 1.165) is 16.9 Å². The number of anilines is 1. The third-order valence-electron chi connectivity index (χ3n) is 4.80. The SMILES string of the molecule is CCn1c(NNC(=O)c2ccc3nc(C)c(C)nc3c2)nc2ccccc2c1=O. The normalized spacial score (nSPS) is 11.0. The summed E-state index contributed by atoms with van der Waals surface area (Å²) in [5.74, 6) is -0.0893. The summed E-state index contributed by atoms with van der Waals surface area (Å²) in [5.41, 5.74) is 9.27. The zero-order valence-electron chi connectivity index (χ0n) is 16.4. The fourth-order valence-corrected chi connectivity index (χ4v) is 3.11. The largest absolute Gasteiger partial charge is 0.277 e. The van der Waals surface area contributed by atoms with Crippen molar-refractivity contribution < 1.29 is 4.79 Å². The topological polar surface area (TPSA) is 102 Å². The smallest absolute Gasteiger partial charge is 0.269 e. The van der Waals surface area contributed by atoms with Crippen molar-refractivity contribution in [1.82, 2.24) is 24.9 Å². The van der Waals surface area contributed by atoms with Gasteiger partial charge in [-0.05, 0) is 51.1 Å². The fraction of sp³-hybridized carbons (Fsp3) is 0.190. The molecule has 0 aliphatic rings. The molecular weight excluding hydrogens is 368 g/mol. The van der Waals surface area contributed by atoms with Crippen LogP contribution in [0.3, 0.4) is 0 Å². The molecule has 1 amide bonds. The van der Waals surface area contributed by atoms with Gasteiger partial charge in [-0.2, -0.15) is 0 Å². The molecule has 0 aliphatic carbocycles. The van der Waals surface area contributed by atoms with Gasteiger partial charge in [0, 0.05) is 12.1 Å². The zero-order chi connectivity index (χ0) is 20.5. The average molecular weight is 388 g/mol. The van der Waals surface area contributed by atoms with E-state index in [1.165, 1.54) is 4.57 Å². The molecule has 8 heteroatoms. The monoisotopic (exact) mass is 388 g/mol. The van der Waals surface area contributed by atoms with Crippen LogP contribution >= 0.6 is 0 Å². The molecule has 4 rings (SSSR count). The third-order valence-corrected chi connectivity index (χ3v) is 4.80. The Kier molecular flexibility index (Phi) is 4.67. The first-order valence-electron chi connectivity index (χ1n) is 9.29. The number of hydrogen-bond acceptors (Lipinski definition) is 6.